The van der Waals surface area contributed by atoms with Gasteiger partial charge >= 0.3 is 5.97 Å². The van der Waals surface area contributed by atoms with Crippen LogP contribution in [0.3, 0.4) is 0 Å². The third kappa shape index (κ3) is 5.02. The molecule has 7 nitrogen and oxygen atoms in total. The molecule has 1 aromatic carbocycles. The molecule has 2 N–H and O–H groups in total. The first-order valence-corrected chi connectivity index (χ1v) is 14.2. The SMILES string of the molecule is COC(=O)C(Cc1ccccc1)NC(=O)CON=C1C=C2CCC3C4CCC(O)[C@@]4(C)CCC3[C@@]2(C)CC1. The van der Waals surface area contributed by atoms with Gasteiger partial charge in [0.25, 0.3) is 5.91 Å². The predicted octanol–water partition coefficient (Wildman–Crippen LogP) is 4.58. The number of esters is 1. The lowest BCUT2D eigenvalue weighted by molar-refractivity contribution is -0.145. The van der Waals surface area contributed by atoms with Crippen LogP contribution in [0.25, 0.3) is 0 Å². The van der Waals surface area contributed by atoms with Crippen LogP contribution in [-0.2, 0) is 25.6 Å². The standard InChI is InChI=1S/C31H42N2O5/c1-30-15-13-22(18-21(30)9-10-23-24-11-12-27(34)31(24,2)16-14-25(23)30)33-38-19-28(35)32-26(29(36)37-3)17-20-7-5-4-6-8-20/h4-8,18,23-27,34H,9-17,19H2,1-3H3,(H,32,35)/t23?,24?,25?,26?,27?,30-,31-/m0/s1. The maximum atomic E-state index is 12.5. The summed E-state index contributed by atoms with van der Waals surface area (Å²) < 4.78 is 4.87. The van der Waals surface area contributed by atoms with E-state index in [-0.39, 0.29) is 23.5 Å². The van der Waals surface area contributed by atoms with Crippen molar-refractivity contribution in [2.75, 3.05) is 13.7 Å². The van der Waals surface area contributed by atoms with Gasteiger partial charge in [0.15, 0.2) is 6.61 Å². The molecule has 3 fully saturated rings. The van der Waals surface area contributed by atoms with E-state index in [4.69, 9.17) is 9.57 Å². The van der Waals surface area contributed by atoms with Gasteiger partial charge in [-0.15, -0.1) is 0 Å². The number of methoxy groups -OCH3 is 1. The highest BCUT2D eigenvalue weighted by atomic mass is 16.6. The number of nitrogens with one attached hydrogen (secondary N) is 1. The van der Waals surface area contributed by atoms with E-state index in [1.807, 2.05) is 30.3 Å². The maximum absolute atomic E-state index is 12.5. The van der Waals surface area contributed by atoms with E-state index in [0.717, 1.165) is 43.4 Å². The van der Waals surface area contributed by atoms with Crippen molar-refractivity contribution < 1.29 is 24.3 Å². The molecule has 7 atom stereocenters. The Morgan fingerprint density at radius 2 is 1.87 bits per heavy atom. The first-order valence-electron chi connectivity index (χ1n) is 14.2. The molecule has 7 heteroatoms. The molecule has 0 aromatic heterocycles. The van der Waals surface area contributed by atoms with Crippen LogP contribution in [0.1, 0.15) is 70.8 Å². The zero-order chi connectivity index (χ0) is 26.9. The van der Waals surface area contributed by atoms with Crippen molar-refractivity contribution in [3.63, 3.8) is 0 Å². The molecule has 0 spiro atoms. The van der Waals surface area contributed by atoms with Crippen molar-refractivity contribution in [1.82, 2.24) is 5.32 Å². The molecule has 0 heterocycles. The predicted molar refractivity (Wildman–Crippen MR) is 145 cm³/mol. The van der Waals surface area contributed by atoms with E-state index < -0.39 is 17.9 Å². The Morgan fingerprint density at radius 3 is 2.63 bits per heavy atom. The molecule has 3 saturated carbocycles. The Kier molecular flexibility index (Phi) is 7.67. The molecule has 4 aliphatic rings. The normalized spacial score (nSPS) is 35.8. The second kappa shape index (κ2) is 10.8. The lowest BCUT2D eigenvalue weighted by Crippen LogP contribution is -2.51. The number of allylic oxidation sites excluding steroid dienone is 2. The molecule has 38 heavy (non-hydrogen) atoms. The molecule has 1 aromatic rings. The van der Waals surface area contributed by atoms with Gasteiger partial charge < -0.3 is 20.0 Å². The third-order valence-corrected chi connectivity index (χ3v) is 10.4. The molecule has 5 rings (SSSR count). The second-order valence-electron chi connectivity index (χ2n) is 12.3. The van der Waals surface area contributed by atoms with E-state index in [9.17, 15) is 14.7 Å². The summed E-state index contributed by atoms with van der Waals surface area (Å²) in [4.78, 5) is 30.2. The lowest BCUT2D eigenvalue weighted by Gasteiger charge is -2.57. The summed E-state index contributed by atoms with van der Waals surface area (Å²) in [5.41, 5.74) is 3.56. The van der Waals surface area contributed by atoms with Crippen LogP contribution in [0.4, 0.5) is 0 Å². The second-order valence-corrected chi connectivity index (χ2v) is 12.3. The minimum atomic E-state index is -0.780. The largest absolute Gasteiger partial charge is 0.467 e. The van der Waals surface area contributed by atoms with E-state index in [1.165, 1.54) is 31.9 Å². The van der Waals surface area contributed by atoms with Crippen molar-refractivity contribution in [3.05, 3.63) is 47.5 Å². The molecule has 5 unspecified atom stereocenters. The number of ether oxygens (including phenoxy) is 1. The molecule has 206 valence electrons. The van der Waals surface area contributed by atoms with Crippen LogP contribution < -0.4 is 5.32 Å². The maximum Gasteiger partial charge on any atom is 0.328 e. The number of hydrogen-bond donors (Lipinski definition) is 2. The van der Waals surface area contributed by atoms with E-state index in [0.29, 0.717) is 24.2 Å². The van der Waals surface area contributed by atoms with Crippen molar-refractivity contribution >= 4 is 17.6 Å². The van der Waals surface area contributed by atoms with Gasteiger partial charge in [0.1, 0.15) is 6.04 Å². The van der Waals surface area contributed by atoms with Crippen LogP contribution in [0.2, 0.25) is 0 Å². The number of amides is 1. The van der Waals surface area contributed by atoms with Gasteiger partial charge in [-0.25, -0.2) is 4.79 Å². The number of nitrogens with zero attached hydrogens (tertiary/aromatic N) is 1. The summed E-state index contributed by atoms with van der Waals surface area (Å²) in [7, 11) is 1.32. The Morgan fingerprint density at radius 1 is 1.08 bits per heavy atom. The molecular formula is C31H42N2O5. The zero-order valence-electron chi connectivity index (χ0n) is 22.9. The highest BCUT2D eigenvalue weighted by Crippen LogP contribution is 2.65. The van der Waals surface area contributed by atoms with Gasteiger partial charge in [-0.2, -0.15) is 0 Å². The monoisotopic (exact) mass is 522 g/mol. The first-order chi connectivity index (χ1) is 18.2. The molecule has 0 bridgehead atoms. The molecule has 0 saturated heterocycles. The summed E-state index contributed by atoms with van der Waals surface area (Å²) in [6.07, 6.45) is 11.0. The molecule has 0 aliphatic heterocycles. The number of carbonyl (C=O) groups excluding carboxylic acids is 2. The fourth-order valence-corrected chi connectivity index (χ4v) is 8.21. The van der Waals surface area contributed by atoms with E-state index in [1.54, 1.807) is 0 Å². The summed E-state index contributed by atoms with van der Waals surface area (Å²) in [5, 5.41) is 17.7. The van der Waals surface area contributed by atoms with Crippen LogP contribution in [-0.4, -0.2) is 48.6 Å². The fraction of sp³-hybridized carbons (Fsp3) is 0.645. The highest BCUT2D eigenvalue weighted by molar-refractivity contribution is 5.96. The summed E-state index contributed by atoms with van der Waals surface area (Å²) in [6.45, 7) is 4.52. The minimum Gasteiger partial charge on any atom is -0.467 e. The lowest BCUT2D eigenvalue weighted by atomic mass is 9.47. The summed E-state index contributed by atoms with van der Waals surface area (Å²) in [5.74, 6) is 1.11. The first kappa shape index (κ1) is 26.9. The topological polar surface area (TPSA) is 97.2 Å². The Balaban J connectivity index is 1.18. The minimum absolute atomic E-state index is 0.0996. The average molecular weight is 523 g/mol. The highest BCUT2D eigenvalue weighted by Gasteiger charge is 2.58. The van der Waals surface area contributed by atoms with Crippen molar-refractivity contribution in [2.45, 2.75) is 83.8 Å². The van der Waals surface area contributed by atoms with Crippen LogP contribution in [0.5, 0.6) is 0 Å². The Bertz CT molecular complexity index is 1100. The number of hydrogen-bond acceptors (Lipinski definition) is 6. The van der Waals surface area contributed by atoms with Crippen LogP contribution in [0.15, 0.2) is 47.1 Å². The molecule has 0 radical (unpaired) electrons. The molecule has 4 aliphatic carbocycles. The van der Waals surface area contributed by atoms with Gasteiger partial charge in [0, 0.05) is 6.42 Å². The quantitative estimate of drug-likeness (QED) is 0.404. The molecular weight excluding hydrogens is 480 g/mol. The number of carbonyl (C=O) groups is 2. The summed E-state index contributed by atoms with van der Waals surface area (Å²) >= 11 is 0. The Hall–Kier alpha value is -2.67. The summed E-state index contributed by atoms with van der Waals surface area (Å²) in [6, 6.07) is 8.73. The zero-order valence-corrected chi connectivity index (χ0v) is 22.9. The number of rotatable bonds is 7. The van der Waals surface area contributed by atoms with Crippen LogP contribution in [0, 0.1) is 28.6 Å². The van der Waals surface area contributed by atoms with Gasteiger partial charge in [-0.1, -0.05) is 54.9 Å². The van der Waals surface area contributed by atoms with Crippen molar-refractivity contribution in [3.8, 4) is 0 Å². The molecule has 1 amide bonds. The van der Waals surface area contributed by atoms with Crippen molar-refractivity contribution in [1.29, 1.82) is 0 Å². The number of benzene rings is 1. The van der Waals surface area contributed by atoms with Gasteiger partial charge in [-0.3, -0.25) is 4.79 Å². The van der Waals surface area contributed by atoms with Gasteiger partial charge in [-0.05, 0) is 91.6 Å². The fourth-order valence-electron chi connectivity index (χ4n) is 8.21. The number of fused-ring (bicyclic) bond motifs is 5. The number of oxime groups is 1. The van der Waals surface area contributed by atoms with E-state index >= 15 is 0 Å². The smallest absolute Gasteiger partial charge is 0.328 e. The van der Waals surface area contributed by atoms with Crippen LogP contribution >= 0.6 is 0 Å². The van der Waals surface area contributed by atoms with Gasteiger partial charge in [0.05, 0.1) is 18.9 Å². The average Bonchev–Trinajstić information content (AvgIpc) is 3.22. The Labute approximate surface area is 226 Å². The number of aliphatic hydroxyl groups excluding tert-OH is 1. The number of aliphatic hydroxyl groups is 1. The van der Waals surface area contributed by atoms with Crippen molar-refractivity contribution in [2.24, 2.45) is 33.7 Å². The van der Waals surface area contributed by atoms with Gasteiger partial charge in [0.2, 0.25) is 0 Å². The van der Waals surface area contributed by atoms with E-state index in [2.05, 4.69) is 30.4 Å². The third-order valence-electron chi connectivity index (χ3n) is 10.4.